The topological polar surface area (TPSA) is 58.6 Å². The van der Waals surface area contributed by atoms with Gasteiger partial charge in [-0.2, -0.15) is 0 Å². The first-order valence-corrected chi connectivity index (χ1v) is 8.40. The Morgan fingerprint density at radius 1 is 1.16 bits per heavy atom. The van der Waals surface area contributed by atoms with Crippen LogP contribution in [0.25, 0.3) is 0 Å². The number of hydrogen-bond acceptors (Lipinski definition) is 3. The number of carbonyl (C=O) groups excluding carboxylic acids is 2. The number of ether oxygens (including phenoxy) is 1. The summed E-state index contributed by atoms with van der Waals surface area (Å²) in [7, 11) is 1.67. The van der Waals surface area contributed by atoms with E-state index in [1.807, 2.05) is 6.07 Å². The molecule has 0 saturated carbocycles. The Labute approximate surface area is 156 Å². The molecule has 2 aromatic carbocycles. The van der Waals surface area contributed by atoms with E-state index in [2.05, 4.69) is 5.32 Å². The maximum atomic E-state index is 12.6. The van der Waals surface area contributed by atoms with Crippen molar-refractivity contribution in [3.63, 3.8) is 0 Å². The zero-order valence-electron chi connectivity index (χ0n) is 13.9. The van der Waals surface area contributed by atoms with Crippen LogP contribution in [0, 0.1) is 0 Å². The maximum absolute atomic E-state index is 12.6. The molecule has 0 fully saturated rings. The molecule has 132 valence electrons. The molecule has 7 heteroatoms. The minimum atomic E-state index is -0.564. The Morgan fingerprint density at radius 2 is 1.88 bits per heavy atom. The number of nitrogens with one attached hydrogen (secondary N) is 1. The van der Waals surface area contributed by atoms with Crippen LogP contribution in [-0.2, 0) is 11.3 Å². The molecule has 1 N–H and O–H groups in total. The normalized spacial score (nSPS) is 10.2. The van der Waals surface area contributed by atoms with Crippen molar-refractivity contribution in [2.45, 2.75) is 13.5 Å². The van der Waals surface area contributed by atoms with Gasteiger partial charge in [-0.1, -0.05) is 41.4 Å². The third-order valence-electron chi connectivity index (χ3n) is 3.42. The van der Waals surface area contributed by atoms with Gasteiger partial charge in [-0.15, -0.1) is 0 Å². The van der Waals surface area contributed by atoms with Crippen molar-refractivity contribution in [3.8, 4) is 0 Å². The molecule has 5 nitrogen and oxygen atoms in total. The molecule has 25 heavy (non-hydrogen) atoms. The Balaban J connectivity index is 2.11. The number of rotatable bonds is 5. The summed E-state index contributed by atoms with van der Waals surface area (Å²) < 4.78 is 4.82. The van der Waals surface area contributed by atoms with Crippen molar-refractivity contribution in [3.05, 3.63) is 63.6 Å². The lowest BCUT2D eigenvalue weighted by molar-refractivity contribution is 0.0785. The molecule has 0 spiro atoms. The lowest BCUT2D eigenvalue weighted by Crippen LogP contribution is -2.26. The first-order chi connectivity index (χ1) is 11.9. The van der Waals surface area contributed by atoms with Crippen molar-refractivity contribution in [2.24, 2.45) is 0 Å². The van der Waals surface area contributed by atoms with Gasteiger partial charge in [0.2, 0.25) is 0 Å². The molecule has 2 aromatic rings. The van der Waals surface area contributed by atoms with Gasteiger partial charge in [0.25, 0.3) is 5.91 Å². The number of hydrogen-bond donors (Lipinski definition) is 1. The van der Waals surface area contributed by atoms with Gasteiger partial charge >= 0.3 is 6.09 Å². The smallest absolute Gasteiger partial charge is 0.411 e. The van der Waals surface area contributed by atoms with Crippen molar-refractivity contribution in [2.75, 3.05) is 19.0 Å². The van der Waals surface area contributed by atoms with Crippen molar-refractivity contribution >= 4 is 40.9 Å². The van der Waals surface area contributed by atoms with E-state index in [1.165, 1.54) is 4.90 Å². The van der Waals surface area contributed by atoms with E-state index in [4.69, 9.17) is 27.9 Å². The summed E-state index contributed by atoms with van der Waals surface area (Å²) in [4.78, 5) is 25.6. The third kappa shape index (κ3) is 5.11. The second-order valence-corrected chi connectivity index (χ2v) is 6.09. The van der Waals surface area contributed by atoms with Gasteiger partial charge in [-0.05, 0) is 36.8 Å². The minimum absolute atomic E-state index is 0.205. The fourth-order valence-electron chi connectivity index (χ4n) is 2.23. The molecular formula is C18H18Cl2N2O3. The second-order valence-electron chi connectivity index (χ2n) is 5.30. The number of nitrogens with zero attached hydrogens (tertiary/aromatic N) is 1. The summed E-state index contributed by atoms with van der Waals surface area (Å²) in [5.41, 5.74) is 1.68. The highest BCUT2D eigenvalue weighted by Crippen LogP contribution is 2.26. The van der Waals surface area contributed by atoms with E-state index in [9.17, 15) is 9.59 Å². The van der Waals surface area contributed by atoms with Crippen LogP contribution in [0.2, 0.25) is 10.0 Å². The first-order valence-electron chi connectivity index (χ1n) is 7.64. The van der Waals surface area contributed by atoms with Crippen molar-refractivity contribution < 1.29 is 14.3 Å². The zero-order chi connectivity index (χ0) is 18.4. The molecule has 0 saturated heterocycles. The van der Waals surface area contributed by atoms with Gasteiger partial charge in [-0.25, -0.2) is 4.79 Å². The van der Waals surface area contributed by atoms with E-state index >= 15 is 0 Å². The molecule has 0 bridgehead atoms. The predicted octanol–water partition coefficient (Wildman–Crippen LogP) is 4.83. The number of carbonyl (C=O) groups is 2. The van der Waals surface area contributed by atoms with Gasteiger partial charge in [0, 0.05) is 24.8 Å². The highest BCUT2D eigenvalue weighted by molar-refractivity contribution is 6.42. The van der Waals surface area contributed by atoms with Gasteiger partial charge in [0.1, 0.15) is 0 Å². The maximum Gasteiger partial charge on any atom is 0.411 e. The third-order valence-corrected chi connectivity index (χ3v) is 4.28. The van der Waals surface area contributed by atoms with Gasteiger partial charge < -0.3 is 9.64 Å². The minimum Gasteiger partial charge on any atom is -0.450 e. The Morgan fingerprint density at radius 3 is 2.60 bits per heavy atom. The van der Waals surface area contributed by atoms with Gasteiger partial charge in [0.05, 0.1) is 16.7 Å². The molecule has 0 atom stereocenters. The zero-order valence-corrected chi connectivity index (χ0v) is 15.4. The molecule has 2 amide bonds. The lowest BCUT2D eigenvalue weighted by atomic mass is 10.1. The fraction of sp³-hybridized carbons (Fsp3) is 0.222. The lowest BCUT2D eigenvalue weighted by Gasteiger charge is -2.19. The molecule has 0 unspecified atom stereocenters. The number of benzene rings is 2. The summed E-state index contributed by atoms with van der Waals surface area (Å²) in [5, 5.41) is 3.45. The van der Waals surface area contributed by atoms with Crippen LogP contribution in [0.5, 0.6) is 0 Å². The van der Waals surface area contributed by atoms with Gasteiger partial charge in [0.15, 0.2) is 0 Å². The number of amides is 2. The monoisotopic (exact) mass is 380 g/mol. The molecule has 0 heterocycles. The first kappa shape index (κ1) is 19.1. The van der Waals surface area contributed by atoms with Gasteiger partial charge in [-0.3, -0.25) is 10.1 Å². The highest BCUT2D eigenvalue weighted by atomic mass is 35.5. The summed E-state index contributed by atoms with van der Waals surface area (Å²) >= 11 is 12.2. The van der Waals surface area contributed by atoms with E-state index in [0.29, 0.717) is 27.8 Å². The summed E-state index contributed by atoms with van der Waals surface area (Å²) in [6.45, 7) is 2.30. The molecule has 0 radical (unpaired) electrons. The van der Waals surface area contributed by atoms with Crippen LogP contribution in [0.4, 0.5) is 10.5 Å². The van der Waals surface area contributed by atoms with Crippen LogP contribution in [-0.4, -0.2) is 30.6 Å². The molecular weight excluding hydrogens is 363 g/mol. The average Bonchev–Trinajstić information content (AvgIpc) is 2.58. The fourth-order valence-corrected chi connectivity index (χ4v) is 2.61. The molecule has 0 aromatic heterocycles. The average molecular weight is 381 g/mol. The highest BCUT2D eigenvalue weighted by Gasteiger charge is 2.15. The van der Waals surface area contributed by atoms with Crippen LogP contribution < -0.4 is 5.32 Å². The molecule has 2 rings (SSSR count). The standard InChI is InChI=1S/C18H18Cl2N2O3/c1-3-25-18(24)21-14-8-4-6-12(10-14)17(23)22(2)11-13-7-5-9-15(19)16(13)20/h4-10H,3,11H2,1-2H3,(H,21,24). The Bertz CT molecular complexity index is 781. The van der Waals surface area contributed by atoms with Crippen LogP contribution in [0.3, 0.4) is 0 Å². The number of halogens is 2. The van der Waals surface area contributed by atoms with E-state index < -0.39 is 6.09 Å². The second kappa shape index (κ2) is 8.74. The van der Waals surface area contributed by atoms with E-state index in [1.54, 1.807) is 50.4 Å². The molecule has 0 aliphatic heterocycles. The summed E-state index contributed by atoms with van der Waals surface area (Å²) in [6, 6.07) is 11.9. The summed E-state index contributed by atoms with van der Waals surface area (Å²) in [5.74, 6) is -0.205. The van der Waals surface area contributed by atoms with Crippen molar-refractivity contribution in [1.82, 2.24) is 4.90 Å². The quantitative estimate of drug-likeness (QED) is 0.807. The van der Waals surface area contributed by atoms with Crippen LogP contribution in [0.15, 0.2) is 42.5 Å². The van der Waals surface area contributed by atoms with Crippen LogP contribution in [0.1, 0.15) is 22.8 Å². The Kier molecular flexibility index (Phi) is 6.67. The molecule has 0 aliphatic rings. The number of anilines is 1. The van der Waals surface area contributed by atoms with Crippen LogP contribution >= 0.6 is 23.2 Å². The molecule has 0 aliphatic carbocycles. The van der Waals surface area contributed by atoms with E-state index in [-0.39, 0.29) is 12.5 Å². The van der Waals surface area contributed by atoms with Crippen molar-refractivity contribution in [1.29, 1.82) is 0 Å². The largest absolute Gasteiger partial charge is 0.450 e. The van der Waals surface area contributed by atoms with E-state index in [0.717, 1.165) is 5.56 Å². The predicted molar refractivity (Wildman–Crippen MR) is 99.3 cm³/mol. The Hall–Kier alpha value is -2.24. The summed E-state index contributed by atoms with van der Waals surface area (Å²) in [6.07, 6.45) is -0.564. The SMILES string of the molecule is CCOC(=O)Nc1cccc(C(=O)N(C)Cc2cccc(Cl)c2Cl)c1.